The Morgan fingerprint density at radius 1 is 1.03 bits per heavy atom. The molecule has 0 spiro atoms. The number of benzene rings is 2. The van der Waals surface area contributed by atoms with E-state index in [0.29, 0.717) is 11.5 Å². The van der Waals surface area contributed by atoms with Gasteiger partial charge in [0.05, 0.1) is 26.2 Å². The monoisotopic (exact) mass is 531 g/mol. The van der Waals surface area contributed by atoms with Gasteiger partial charge >= 0.3 is 0 Å². The zero-order valence-corrected chi connectivity index (χ0v) is 22.8. The molecule has 0 radical (unpaired) electrons. The van der Waals surface area contributed by atoms with E-state index >= 15 is 0 Å². The molecule has 10 heteroatoms. The summed E-state index contributed by atoms with van der Waals surface area (Å²) < 4.78 is 37.2. The molecular formula is C27H37N3O6S. The maximum Gasteiger partial charge on any atom is 0.244 e. The lowest BCUT2D eigenvalue weighted by Gasteiger charge is -2.33. The highest BCUT2D eigenvalue weighted by molar-refractivity contribution is 7.92. The van der Waals surface area contributed by atoms with Gasteiger partial charge in [-0.05, 0) is 49.6 Å². The van der Waals surface area contributed by atoms with Crippen molar-refractivity contribution in [1.82, 2.24) is 10.2 Å². The number of anilines is 1. The van der Waals surface area contributed by atoms with Gasteiger partial charge < -0.3 is 19.7 Å². The van der Waals surface area contributed by atoms with Crippen molar-refractivity contribution in [2.45, 2.75) is 57.7 Å². The van der Waals surface area contributed by atoms with Crippen LogP contribution >= 0.6 is 0 Å². The smallest absolute Gasteiger partial charge is 0.244 e. The number of carbonyl (C=O) groups is 2. The van der Waals surface area contributed by atoms with E-state index in [4.69, 9.17) is 9.47 Å². The van der Waals surface area contributed by atoms with Crippen molar-refractivity contribution in [3.8, 4) is 11.5 Å². The highest BCUT2D eigenvalue weighted by Crippen LogP contribution is 2.30. The van der Waals surface area contributed by atoms with E-state index in [-0.39, 0.29) is 24.2 Å². The van der Waals surface area contributed by atoms with Crippen molar-refractivity contribution in [3.63, 3.8) is 0 Å². The largest absolute Gasteiger partial charge is 0.497 e. The van der Waals surface area contributed by atoms with Crippen molar-refractivity contribution >= 4 is 27.5 Å². The van der Waals surface area contributed by atoms with Crippen LogP contribution in [0.25, 0.3) is 0 Å². The fourth-order valence-corrected chi connectivity index (χ4v) is 5.40. The van der Waals surface area contributed by atoms with Crippen LogP contribution in [0.4, 0.5) is 5.69 Å². The standard InChI is InChI=1S/C27H37N3O6S/c1-20(27(32)28-22-12-6-5-7-13-22)29(18-21-11-10-14-23(17-21)35-2)26(31)19-30(37(4,33)34)24-15-8-9-16-25(24)36-3/h8-11,14-17,20,22H,5-7,12-13,18-19H2,1-4H3,(H,28,32)/t20-/m0/s1. The van der Waals surface area contributed by atoms with Crippen molar-refractivity contribution in [2.24, 2.45) is 0 Å². The molecule has 0 heterocycles. The summed E-state index contributed by atoms with van der Waals surface area (Å²) in [6.45, 7) is 1.30. The van der Waals surface area contributed by atoms with Gasteiger partial charge in [-0.2, -0.15) is 0 Å². The summed E-state index contributed by atoms with van der Waals surface area (Å²) in [6, 6.07) is 13.1. The molecule has 2 aromatic rings. The molecule has 1 aliphatic rings. The molecule has 1 atom stereocenters. The molecule has 2 aromatic carbocycles. The third-order valence-corrected chi connectivity index (χ3v) is 7.77. The number of hydrogen-bond acceptors (Lipinski definition) is 6. The fourth-order valence-electron chi connectivity index (χ4n) is 4.55. The van der Waals surface area contributed by atoms with Gasteiger partial charge in [0.15, 0.2) is 0 Å². The molecule has 0 saturated heterocycles. The lowest BCUT2D eigenvalue weighted by molar-refractivity contribution is -0.139. The number of nitrogens with one attached hydrogen (secondary N) is 1. The van der Waals surface area contributed by atoms with E-state index in [1.807, 2.05) is 6.07 Å². The number of hydrogen-bond donors (Lipinski definition) is 1. The lowest BCUT2D eigenvalue weighted by atomic mass is 9.95. The Morgan fingerprint density at radius 2 is 1.73 bits per heavy atom. The minimum Gasteiger partial charge on any atom is -0.497 e. The maximum absolute atomic E-state index is 13.7. The number of para-hydroxylation sites is 2. The number of ether oxygens (including phenoxy) is 2. The molecule has 1 aliphatic carbocycles. The van der Waals surface area contributed by atoms with Crippen LogP contribution in [0.15, 0.2) is 48.5 Å². The number of sulfonamides is 1. The normalized spacial score (nSPS) is 14.9. The molecule has 0 aromatic heterocycles. The first-order valence-corrected chi connectivity index (χ1v) is 14.3. The van der Waals surface area contributed by atoms with E-state index in [2.05, 4.69) is 5.32 Å². The average Bonchev–Trinajstić information content (AvgIpc) is 2.89. The lowest BCUT2D eigenvalue weighted by Crippen LogP contribution is -2.53. The molecule has 2 amide bonds. The molecule has 37 heavy (non-hydrogen) atoms. The molecule has 0 aliphatic heterocycles. The van der Waals surface area contributed by atoms with E-state index < -0.39 is 28.5 Å². The van der Waals surface area contributed by atoms with Crippen LogP contribution < -0.4 is 19.1 Å². The Kier molecular flexibility index (Phi) is 9.79. The first-order valence-electron chi connectivity index (χ1n) is 12.5. The molecule has 9 nitrogen and oxygen atoms in total. The second-order valence-corrected chi connectivity index (χ2v) is 11.2. The van der Waals surface area contributed by atoms with E-state index in [0.717, 1.165) is 48.2 Å². The first-order chi connectivity index (χ1) is 17.6. The number of nitrogens with zero attached hydrogens (tertiary/aromatic N) is 2. The zero-order valence-electron chi connectivity index (χ0n) is 22.0. The van der Waals surface area contributed by atoms with Crippen LogP contribution in [0.2, 0.25) is 0 Å². The van der Waals surface area contributed by atoms with Crippen LogP contribution in [0.1, 0.15) is 44.6 Å². The summed E-state index contributed by atoms with van der Waals surface area (Å²) >= 11 is 0. The molecule has 202 valence electrons. The van der Waals surface area contributed by atoms with Gasteiger partial charge in [0, 0.05) is 12.6 Å². The molecule has 1 saturated carbocycles. The van der Waals surface area contributed by atoms with Gasteiger partial charge in [0.2, 0.25) is 21.8 Å². The topological polar surface area (TPSA) is 105 Å². The number of methoxy groups -OCH3 is 2. The summed E-state index contributed by atoms with van der Waals surface area (Å²) in [5.74, 6) is 0.177. The average molecular weight is 532 g/mol. The molecule has 1 fully saturated rings. The van der Waals surface area contributed by atoms with Gasteiger partial charge in [0.25, 0.3) is 0 Å². The summed E-state index contributed by atoms with van der Waals surface area (Å²) in [5.41, 5.74) is 1.01. The molecular weight excluding hydrogens is 494 g/mol. The SMILES string of the molecule is COc1cccc(CN(C(=O)CN(c2ccccc2OC)S(C)(=O)=O)[C@@H](C)C(=O)NC2CCCCC2)c1. The van der Waals surface area contributed by atoms with E-state index in [1.165, 1.54) is 12.0 Å². The first kappa shape index (κ1) is 28.3. The van der Waals surface area contributed by atoms with Crippen LogP contribution in [0.5, 0.6) is 11.5 Å². The van der Waals surface area contributed by atoms with Gasteiger partial charge in [-0.15, -0.1) is 0 Å². The zero-order chi connectivity index (χ0) is 27.0. The number of amides is 2. The minimum atomic E-state index is -3.85. The molecule has 3 rings (SSSR count). The van der Waals surface area contributed by atoms with Gasteiger partial charge in [-0.25, -0.2) is 8.42 Å². The van der Waals surface area contributed by atoms with Gasteiger partial charge in [0.1, 0.15) is 24.1 Å². The Balaban J connectivity index is 1.91. The molecule has 0 unspecified atom stereocenters. The third kappa shape index (κ3) is 7.61. The van der Waals surface area contributed by atoms with Crippen molar-refractivity contribution in [3.05, 3.63) is 54.1 Å². The predicted octanol–water partition coefficient (Wildman–Crippen LogP) is 3.34. The quantitative estimate of drug-likeness (QED) is 0.477. The van der Waals surface area contributed by atoms with Crippen LogP contribution in [0, 0.1) is 0 Å². The number of carbonyl (C=O) groups excluding carboxylic acids is 2. The second kappa shape index (κ2) is 12.8. The predicted molar refractivity (Wildman–Crippen MR) is 143 cm³/mol. The minimum absolute atomic E-state index is 0.0820. The Bertz CT molecular complexity index is 1180. The summed E-state index contributed by atoms with van der Waals surface area (Å²) in [6.07, 6.45) is 6.16. The summed E-state index contributed by atoms with van der Waals surface area (Å²) in [4.78, 5) is 28.4. The van der Waals surface area contributed by atoms with Crippen LogP contribution in [-0.4, -0.2) is 64.2 Å². The fraction of sp³-hybridized carbons (Fsp3) is 0.481. The summed E-state index contributed by atoms with van der Waals surface area (Å²) in [7, 11) is -0.853. The van der Waals surface area contributed by atoms with E-state index in [1.54, 1.807) is 56.5 Å². The Hall–Kier alpha value is -3.27. The molecule has 1 N–H and O–H groups in total. The van der Waals surface area contributed by atoms with Gasteiger partial charge in [-0.3, -0.25) is 13.9 Å². The number of rotatable bonds is 11. The van der Waals surface area contributed by atoms with E-state index in [9.17, 15) is 18.0 Å². The van der Waals surface area contributed by atoms with Gasteiger partial charge in [-0.1, -0.05) is 43.5 Å². The maximum atomic E-state index is 13.7. The second-order valence-electron chi connectivity index (χ2n) is 9.33. The summed E-state index contributed by atoms with van der Waals surface area (Å²) in [5, 5.41) is 3.09. The molecule has 0 bridgehead atoms. The van der Waals surface area contributed by atoms with Crippen LogP contribution in [-0.2, 0) is 26.2 Å². The van der Waals surface area contributed by atoms with Crippen LogP contribution in [0.3, 0.4) is 0 Å². The van der Waals surface area contributed by atoms with Crippen molar-refractivity contribution in [1.29, 1.82) is 0 Å². The highest BCUT2D eigenvalue weighted by Gasteiger charge is 2.32. The third-order valence-electron chi connectivity index (χ3n) is 6.64. The highest BCUT2D eigenvalue weighted by atomic mass is 32.2. The van der Waals surface area contributed by atoms with Crippen molar-refractivity contribution < 1.29 is 27.5 Å². The Morgan fingerprint density at radius 3 is 2.38 bits per heavy atom. The van der Waals surface area contributed by atoms with Crippen molar-refractivity contribution in [2.75, 3.05) is 31.3 Å². The Labute approximate surface area is 219 Å².